The Morgan fingerprint density at radius 2 is 1.84 bits per heavy atom. The van der Waals surface area contributed by atoms with E-state index in [0.29, 0.717) is 17.6 Å². The first-order chi connectivity index (χ1) is 15.2. The summed E-state index contributed by atoms with van der Waals surface area (Å²) in [4.78, 5) is 14.7. The summed E-state index contributed by atoms with van der Waals surface area (Å²) >= 11 is 0. The molecule has 0 aliphatic carbocycles. The molecule has 32 heavy (non-hydrogen) atoms. The number of rotatable bonds is 8. The van der Waals surface area contributed by atoms with Crippen molar-refractivity contribution in [1.29, 1.82) is 0 Å². The van der Waals surface area contributed by atoms with E-state index >= 15 is 0 Å². The molecule has 0 spiro atoms. The number of nitrogens with one attached hydrogen (secondary N) is 2. The number of aromatic nitrogens is 2. The zero-order valence-corrected chi connectivity index (χ0v) is 18.5. The van der Waals surface area contributed by atoms with E-state index < -0.39 is 5.82 Å². The Kier molecular flexibility index (Phi) is 8.58. The number of benzene rings is 2. The Bertz CT molecular complexity index is 1010. The van der Waals surface area contributed by atoms with Crippen LogP contribution in [0.1, 0.15) is 36.0 Å². The molecule has 2 heterocycles. The van der Waals surface area contributed by atoms with Gasteiger partial charge in [-0.25, -0.2) is 4.39 Å². The van der Waals surface area contributed by atoms with E-state index in [0.717, 1.165) is 25.1 Å². The lowest BCUT2D eigenvalue weighted by Gasteiger charge is -2.26. The average molecular weight is 460 g/mol. The Morgan fingerprint density at radius 1 is 1.06 bits per heavy atom. The summed E-state index contributed by atoms with van der Waals surface area (Å²) in [5, 5.41) is 14.1. The summed E-state index contributed by atoms with van der Waals surface area (Å²) in [6, 6.07) is 13.0. The van der Waals surface area contributed by atoms with Crippen molar-refractivity contribution >= 4 is 30.0 Å². The van der Waals surface area contributed by atoms with Gasteiger partial charge < -0.3 is 20.0 Å². The third-order valence-electron chi connectivity index (χ3n) is 5.28. The van der Waals surface area contributed by atoms with Gasteiger partial charge in [0.15, 0.2) is 0 Å². The number of piperidine rings is 1. The van der Waals surface area contributed by atoms with Crippen LogP contribution in [-0.4, -0.2) is 47.2 Å². The molecule has 2 aromatic carbocycles. The van der Waals surface area contributed by atoms with Gasteiger partial charge in [0.25, 0.3) is 5.91 Å². The fourth-order valence-corrected chi connectivity index (χ4v) is 3.62. The van der Waals surface area contributed by atoms with Crippen LogP contribution in [0.15, 0.2) is 52.9 Å². The third kappa shape index (κ3) is 6.51. The minimum Gasteiger partial charge on any atom is -0.403 e. The van der Waals surface area contributed by atoms with Crippen LogP contribution in [0.2, 0.25) is 0 Å². The largest absolute Gasteiger partial charge is 0.403 e. The summed E-state index contributed by atoms with van der Waals surface area (Å²) in [5.74, 6) is -0.419. The van der Waals surface area contributed by atoms with E-state index in [1.165, 1.54) is 50.6 Å². The fraction of sp³-hybridized carbons (Fsp3) is 0.348. The molecule has 0 saturated carbocycles. The van der Waals surface area contributed by atoms with E-state index in [1.54, 1.807) is 30.3 Å². The Labute approximate surface area is 192 Å². The Morgan fingerprint density at radius 3 is 2.59 bits per heavy atom. The summed E-state index contributed by atoms with van der Waals surface area (Å²) in [7, 11) is 0. The van der Waals surface area contributed by atoms with Gasteiger partial charge in [0.05, 0.1) is 0 Å². The standard InChI is InChI=1S/C23H26FN5O2.ClH/c24-19-7-4-6-18(16-19)21(30)26-20-10-8-17(9-11-20)22-27-28-23(31-22)25-12-5-15-29-13-2-1-3-14-29;/h4,6-11,16H,1-3,5,12-15H2,(H,25,28)(H,26,30);1H. The lowest BCUT2D eigenvalue weighted by Crippen LogP contribution is -2.31. The summed E-state index contributed by atoms with van der Waals surface area (Å²) < 4.78 is 19.0. The molecular weight excluding hydrogens is 433 g/mol. The average Bonchev–Trinajstić information content (AvgIpc) is 3.27. The highest BCUT2D eigenvalue weighted by Crippen LogP contribution is 2.22. The molecule has 170 valence electrons. The molecule has 9 heteroatoms. The van der Waals surface area contributed by atoms with Crippen LogP contribution in [0.3, 0.4) is 0 Å². The molecule has 0 unspecified atom stereocenters. The molecule has 1 amide bonds. The highest BCUT2D eigenvalue weighted by Gasteiger charge is 2.12. The monoisotopic (exact) mass is 459 g/mol. The number of anilines is 2. The van der Waals surface area contributed by atoms with Gasteiger partial charge >= 0.3 is 6.01 Å². The Hall–Kier alpha value is -2.97. The summed E-state index contributed by atoms with van der Waals surface area (Å²) in [5.41, 5.74) is 1.60. The van der Waals surface area contributed by atoms with Crippen molar-refractivity contribution in [2.75, 3.05) is 36.8 Å². The van der Waals surface area contributed by atoms with Crippen LogP contribution in [-0.2, 0) is 0 Å². The highest BCUT2D eigenvalue weighted by atomic mass is 35.5. The summed E-state index contributed by atoms with van der Waals surface area (Å²) in [6.07, 6.45) is 4.97. The van der Waals surface area contributed by atoms with Gasteiger partial charge in [0, 0.05) is 23.4 Å². The van der Waals surface area contributed by atoms with Gasteiger partial charge in [-0.3, -0.25) is 4.79 Å². The molecule has 0 bridgehead atoms. The zero-order valence-electron chi connectivity index (χ0n) is 17.7. The maximum atomic E-state index is 13.3. The molecule has 1 aliphatic rings. The lowest BCUT2D eigenvalue weighted by molar-refractivity contribution is 0.102. The molecular formula is C23H27ClFN5O2. The van der Waals surface area contributed by atoms with Crippen molar-refractivity contribution in [3.8, 4) is 11.5 Å². The smallest absolute Gasteiger partial charge is 0.315 e. The van der Waals surface area contributed by atoms with Crippen molar-refractivity contribution in [3.05, 3.63) is 59.9 Å². The van der Waals surface area contributed by atoms with Crippen LogP contribution in [0.4, 0.5) is 16.1 Å². The van der Waals surface area contributed by atoms with Crippen LogP contribution in [0.25, 0.3) is 11.5 Å². The predicted octanol–water partition coefficient (Wildman–Crippen LogP) is 4.84. The van der Waals surface area contributed by atoms with Gasteiger partial charge in [0.1, 0.15) is 5.82 Å². The maximum absolute atomic E-state index is 13.3. The van der Waals surface area contributed by atoms with E-state index in [4.69, 9.17) is 4.42 Å². The second kappa shape index (κ2) is 11.6. The molecule has 4 rings (SSSR count). The van der Waals surface area contributed by atoms with Crippen molar-refractivity contribution in [3.63, 3.8) is 0 Å². The van der Waals surface area contributed by atoms with Gasteiger partial charge in [0.2, 0.25) is 5.89 Å². The number of carbonyl (C=O) groups is 1. The number of likely N-dealkylation sites (tertiary alicyclic amines) is 1. The van der Waals surface area contributed by atoms with Crippen LogP contribution in [0, 0.1) is 5.82 Å². The normalized spacial score (nSPS) is 13.9. The predicted molar refractivity (Wildman–Crippen MR) is 125 cm³/mol. The van der Waals surface area contributed by atoms with Crippen LogP contribution >= 0.6 is 12.4 Å². The van der Waals surface area contributed by atoms with Crippen LogP contribution < -0.4 is 10.6 Å². The molecule has 2 N–H and O–H groups in total. The highest BCUT2D eigenvalue weighted by molar-refractivity contribution is 6.04. The lowest BCUT2D eigenvalue weighted by atomic mass is 10.1. The molecule has 1 saturated heterocycles. The van der Waals surface area contributed by atoms with E-state index in [-0.39, 0.29) is 23.9 Å². The van der Waals surface area contributed by atoms with E-state index in [1.807, 2.05) is 0 Å². The minimum absolute atomic E-state index is 0. The van der Waals surface area contributed by atoms with Gasteiger partial charge in [-0.2, -0.15) is 0 Å². The van der Waals surface area contributed by atoms with E-state index in [2.05, 4.69) is 25.7 Å². The van der Waals surface area contributed by atoms with Crippen LogP contribution in [0.5, 0.6) is 0 Å². The molecule has 1 aliphatic heterocycles. The summed E-state index contributed by atoms with van der Waals surface area (Å²) in [6.45, 7) is 4.26. The van der Waals surface area contributed by atoms with E-state index in [9.17, 15) is 9.18 Å². The molecule has 7 nitrogen and oxygen atoms in total. The number of carbonyl (C=O) groups excluding carboxylic acids is 1. The third-order valence-corrected chi connectivity index (χ3v) is 5.28. The van der Waals surface area contributed by atoms with Crippen molar-refractivity contribution in [2.45, 2.75) is 25.7 Å². The first-order valence-corrected chi connectivity index (χ1v) is 10.6. The van der Waals surface area contributed by atoms with Gasteiger partial charge in [-0.05, 0) is 81.4 Å². The number of nitrogens with zero attached hydrogens (tertiary/aromatic N) is 3. The number of halogens is 2. The fourth-order valence-electron chi connectivity index (χ4n) is 3.62. The topological polar surface area (TPSA) is 83.3 Å². The molecule has 3 aromatic rings. The van der Waals surface area contributed by atoms with Crippen molar-refractivity contribution in [1.82, 2.24) is 15.1 Å². The quantitative estimate of drug-likeness (QED) is 0.469. The maximum Gasteiger partial charge on any atom is 0.315 e. The molecule has 1 fully saturated rings. The second-order valence-corrected chi connectivity index (χ2v) is 7.64. The minimum atomic E-state index is -0.449. The number of hydrogen-bond acceptors (Lipinski definition) is 6. The van der Waals surface area contributed by atoms with Gasteiger partial charge in [-0.1, -0.05) is 17.6 Å². The van der Waals surface area contributed by atoms with Gasteiger partial charge in [-0.15, -0.1) is 17.5 Å². The zero-order chi connectivity index (χ0) is 21.5. The number of hydrogen-bond donors (Lipinski definition) is 2. The first-order valence-electron chi connectivity index (χ1n) is 10.6. The Balaban J connectivity index is 0.00000289. The first kappa shape index (κ1) is 23.7. The van der Waals surface area contributed by atoms with Crippen molar-refractivity contribution < 1.29 is 13.6 Å². The van der Waals surface area contributed by atoms with Crippen molar-refractivity contribution in [2.24, 2.45) is 0 Å². The SMILES string of the molecule is Cl.O=C(Nc1ccc(-c2nnc(NCCCN3CCCCC3)o2)cc1)c1cccc(F)c1. The molecule has 1 aromatic heterocycles. The number of amides is 1. The molecule has 0 radical (unpaired) electrons. The second-order valence-electron chi connectivity index (χ2n) is 7.64. The molecule has 0 atom stereocenters.